The van der Waals surface area contributed by atoms with Gasteiger partial charge < -0.3 is 15.3 Å². The van der Waals surface area contributed by atoms with Crippen molar-refractivity contribution in [3.8, 4) is 0 Å². The zero-order chi connectivity index (χ0) is 16.7. The van der Waals surface area contributed by atoms with E-state index in [0.717, 1.165) is 30.6 Å². The maximum Gasteiger partial charge on any atom is 0.251 e. The molecule has 2 N–H and O–H groups in total. The number of hydrogen-bond acceptors (Lipinski definition) is 4. The molecule has 0 bridgehead atoms. The van der Waals surface area contributed by atoms with Crippen molar-refractivity contribution in [1.29, 1.82) is 0 Å². The molecule has 1 heterocycles. The highest BCUT2D eigenvalue weighted by Gasteiger charge is 2.11. The van der Waals surface area contributed by atoms with Gasteiger partial charge in [0.25, 0.3) is 5.91 Å². The van der Waals surface area contributed by atoms with E-state index in [0.29, 0.717) is 5.56 Å². The average Bonchev–Trinajstić information content (AvgIpc) is 3.12. The number of unbranched alkanes of at least 4 members (excludes halogenated alkanes) is 1. The normalized spacial score (nSPS) is 12.0. The van der Waals surface area contributed by atoms with E-state index >= 15 is 0 Å². The first kappa shape index (κ1) is 17.5. The largest absolute Gasteiger partial charge is 0.387 e. The maximum absolute atomic E-state index is 12.1. The lowest BCUT2D eigenvalue weighted by molar-refractivity contribution is 0.0916. The Morgan fingerprint density at radius 1 is 1.30 bits per heavy atom. The van der Waals surface area contributed by atoms with Crippen LogP contribution < -0.4 is 10.2 Å². The quantitative estimate of drug-likeness (QED) is 0.778. The number of thiophene rings is 1. The minimum Gasteiger partial charge on any atom is -0.387 e. The summed E-state index contributed by atoms with van der Waals surface area (Å²) in [5.41, 5.74) is 2.55. The summed E-state index contributed by atoms with van der Waals surface area (Å²) in [6, 6.07) is 9.43. The Balaban J connectivity index is 1.87. The fourth-order valence-electron chi connectivity index (χ4n) is 2.27. The van der Waals surface area contributed by atoms with Crippen molar-refractivity contribution >= 4 is 22.9 Å². The first-order valence-corrected chi connectivity index (χ1v) is 8.85. The summed E-state index contributed by atoms with van der Waals surface area (Å²) >= 11 is 1.53. The second-order valence-electron chi connectivity index (χ2n) is 5.60. The van der Waals surface area contributed by atoms with Gasteiger partial charge in [-0.1, -0.05) is 13.3 Å². The van der Waals surface area contributed by atoms with Crippen molar-refractivity contribution < 1.29 is 9.90 Å². The number of carbonyl (C=O) groups excluding carboxylic acids is 1. The van der Waals surface area contributed by atoms with Crippen LogP contribution in [0, 0.1) is 0 Å². The van der Waals surface area contributed by atoms with E-state index in [-0.39, 0.29) is 12.5 Å². The van der Waals surface area contributed by atoms with E-state index in [4.69, 9.17) is 0 Å². The zero-order valence-corrected chi connectivity index (χ0v) is 14.5. The van der Waals surface area contributed by atoms with E-state index < -0.39 is 6.10 Å². The molecular formula is C18H24N2O2S. The molecule has 0 aliphatic carbocycles. The third-order valence-electron chi connectivity index (χ3n) is 3.80. The summed E-state index contributed by atoms with van der Waals surface area (Å²) in [6.07, 6.45) is 1.65. The Hall–Kier alpha value is -1.85. The van der Waals surface area contributed by atoms with Crippen LogP contribution in [0.25, 0.3) is 0 Å². The van der Waals surface area contributed by atoms with Crippen LogP contribution in [0.2, 0.25) is 0 Å². The van der Waals surface area contributed by atoms with Gasteiger partial charge in [-0.15, -0.1) is 0 Å². The third-order valence-corrected chi connectivity index (χ3v) is 4.50. The Morgan fingerprint density at radius 2 is 2.04 bits per heavy atom. The number of rotatable bonds is 8. The molecule has 0 aliphatic rings. The predicted octanol–water partition coefficient (Wildman–Crippen LogP) is 3.45. The summed E-state index contributed by atoms with van der Waals surface area (Å²) in [4.78, 5) is 14.3. The molecule has 1 unspecified atom stereocenters. The minimum atomic E-state index is -0.662. The molecule has 1 aromatic heterocycles. The number of anilines is 1. The molecule has 23 heavy (non-hydrogen) atoms. The van der Waals surface area contributed by atoms with Gasteiger partial charge in [0.2, 0.25) is 0 Å². The van der Waals surface area contributed by atoms with Crippen LogP contribution in [0.1, 0.15) is 41.8 Å². The molecule has 0 spiro atoms. The van der Waals surface area contributed by atoms with Crippen molar-refractivity contribution in [2.45, 2.75) is 25.9 Å². The van der Waals surface area contributed by atoms with E-state index in [1.165, 1.54) is 11.3 Å². The maximum atomic E-state index is 12.1. The SMILES string of the molecule is CCCCN(C)c1ccc(C(=O)NCC(O)c2ccsc2)cc1. The molecular weight excluding hydrogens is 308 g/mol. The van der Waals surface area contributed by atoms with Crippen LogP contribution in [0.3, 0.4) is 0 Å². The highest BCUT2D eigenvalue weighted by atomic mass is 32.1. The number of amides is 1. The number of hydrogen-bond donors (Lipinski definition) is 2. The van der Waals surface area contributed by atoms with Gasteiger partial charge in [0.05, 0.1) is 6.10 Å². The molecule has 1 atom stereocenters. The molecule has 0 radical (unpaired) electrons. The monoisotopic (exact) mass is 332 g/mol. The molecule has 2 rings (SSSR count). The second kappa shape index (κ2) is 8.70. The Labute approximate surface area is 141 Å². The molecule has 4 nitrogen and oxygen atoms in total. The van der Waals surface area contributed by atoms with Gasteiger partial charge in [0.1, 0.15) is 0 Å². The van der Waals surface area contributed by atoms with Crippen LogP contribution >= 0.6 is 11.3 Å². The van der Waals surface area contributed by atoms with Gasteiger partial charge in [-0.2, -0.15) is 11.3 Å². The fourth-order valence-corrected chi connectivity index (χ4v) is 2.97. The van der Waals surface area contributed by atoms with E-state index in [9.17, 15) is 9.90 Å². The van der Waals surface area contributed by atoms with Crippen LogP contribution in [-0.2, 0) is 0 Å². The zero-order valence-electron chi connectivity index (χ0n) is 13.7. The molecule has 0 saturated heterocycles. The lowest BCUT2D eigenvalue weighted by Gasteiger charge is -2.19. The highest BCUT2D eigenvalue weighted by Crippen LogP contribution is 2.16. The van der Waals surface area contributed by atoms with Gasteiger partial charge in [0, 0.05) is 31.4 Å². The average molecular weight is 332 g/mol. The standard InChI is InChI=1S/C18H24N2O2S/c1-3-4-10-20(2)16-7-5-14(6-8-16)18(22)19-12-17(21)15-9-11-23-13-15/h5-9,11,13,17,21H,3-4,10,12H2,1-2H3,(H,19,22). The van der Waals surface area contributed by atoms with Crippen molar-refractivity contribution in [2.24, 2.45) is 0 Å². The summed E-state index contributed by atoms with van der Waals surface area (Å²) in [5, 5.41) is 16.6. The molecule has 1 aromatic carbocycles. The van der Waals surface area contributed by atoms with Crippen molar-refractivity contribution in [3.63, 3.8) is 0 Å². The summed E-state index contributed by atoms with van der Waals surface area (Å²) in [7, 11) is 2.06. The minimum absolute atomic E-state index is 0.165. The van der Waals surface area contributed by atoms with Gasteiger partial charge >= 0.3 is 0 Å². The van der Waals surface area contributed by atoms with Crippen molar-refractivity contribution in [1.82, 2.24) is 5.32 Å². The number of aliphatic hydroxyl groups excluding tert-OH is 1. The first-order valence-electron chi connectivity index (χ1n) is 7.91. The fraction of sp³-hybridized carbons (Fsp3) is 0.389. The Kier molecular flexibility index (Phi) is 6.62. The summed E-state index contributed by atoms with van der Waals surface area (Å²) < 4.78 is 0. The molecule has 0 saturated carbocycles. The second-order valence-corrected chi connectivity index (χ2v) is 6.38. The smallest absolute Gasteiger partial charge is 0.251 e. The van der Waals surface area contributed by atoms with Gasteiger partial charge in [-0.3, -0.25) is 4.79 Å². The van der Waals surface area contributed by atoms with Gasteiger partial charge in [0.15, 0.2) is 0 Å². The van der Waals surface area contributed by atoms with Crippen LogP contribution in [0.5, 0.6) is 0 Å². The van der Waals surface area contributed by atoms with Crippen molar-refractivity contribution in [3.05, 3.63) is 52.2 Å². The lowest BCUT2D eigenvalue weighted by Crippen LogP contribution is -2.28. The third kappa shape index (κ3) is 5.08. The lowest BCUT2D eigenvalue weighted by atomic mass is 10.1. The molecule has 0 aliphatic heterocycles. The van der Waals surface area contributed by atoms with Gasteiger partial charge in [-0.05, 0) is 53.1 Å². The van der Waals surface area contributed by atoms with E-state index in [1.807, 2.05) is 41.1 Å². The van der Waals surface area contributed by atoms with Crippen molar-refractivity contribution in [2.75, 3.05) is 25.0 Å². The number of nitrogens with zero attached hydrogens (tertiary/aromatic N) is 1. The number of nitrogens with one attached hydrogen (secondary N) is 1. The summed E-state index contributed by atoms with van der Waals surface area (Å²) in [5.74, 6) is -0.165. The first-order chi connectivity index (χ1) is 11.1. The number of benzene rings is 1. The number of carbonyl (C=O) groups is 1. The van der Waals surface area contributed by atoms with Gasteiger partial charge in [-0.25, -0.2) is 0 Å². The Morgan fingerprint density at radius 3 is 2.65 bits per heavy atom. The molecule has 2 aromatic rings. The highest BCUT2D eigenvalue weighted by molar-refractivity contribution is 7.07. The molecule has 0 fully saturated rings. The van der Waals surface area contributed by atoms with Crippen LogP contribution in [-0.4, -0.2) is 31.2 Å². The molecule has 124 valence electrons. The predicted molar refractivity (Wildman–Crippen MR) is 96.2 cm³/mol. The van der Waals surface area contributed by atoms with E-state index in [2.05, 4.69) is 24.2 Å². The Bertz CT molecular complexity index is 596. The van der Waals surface area contributed by atoms with Crippen LogP contribution in [0.15, 0.2) is 41.1 Å². The van der Waals surface area contributed by atoms with Crippen LogP contribution in [0.4, 0.5) is 5.69 Å². The number of aliphatic hydroxyl groups is 1. The molecule has 5 heteroatoms. The topological polar surface area (TPSA) is 52.6 Å². The van der Waals surface area contributed by atoms with E-state index in [1.54, 1.807) is 0 Å². The summed E-state index contributed by atoms with van der Waals surface area (Å²) in [6.45, 7) is 3.40. The molecule has 1 amide bonds.